The quantitative estimate of drug-likeness (QED) is 0.0893. The molecule has 1 unspecified atom stereocenters. The summed E-state index contributed by atoms with van der Waals surface area (Å²) in [6.45, 7) is 0. The number of H-pyrrole nitrogens is 1. The van der Waals surface area contributed by atoms with Gasteiger partial charge in [-0.05, 0) is 22.9 Å². The fourth-order valence-electron chi connectivity index (χ4n) is 3.53. The molecule has 2 aromatic rings. The summed E-state index contributed by atoms with van der Waals surface area (Å²) in [6.07, 6.45) is 1.32. The average Bonchev–Trinajstić information content (AvgIpc) is 3.53. The van der Waals surface area contributed by atoms with Gasteiger partial charge in [-0.3, -0.25) is 19.0 Å². The summed E-state index contributed by atoms with van der Waals surface area (Å²) in [6, 6.07) is 1.90. The number of carbonyl (C=O) groups excluding carboxylic acids is 2. The Hall–Kier alpha value is -3.42. The average molecular weight is 560 g/mol. The van der Waals surface area contributed by atoms with Gasteiger partial charge in [0.25, 0.3) is 21.9 Å². The molecule has 0 bridgehead atoms. The van der Waals surface area contributed by atoms with E-state index in [1.165, 1.54) is 25.5 Å². The van der Waals surface area contributed by atoms with Crippen LogP contribution in [0.25, 0.3) is 0 Å². The molecule has 2 amide bonds. The summed E-state index contributed by atoms with van der Waals surface area (Å²) in [5.41, 5.74) is -0.615. The number of tetrazole rings is 1. The van der Waals surface area contributed by atoms with E-state index in [1.54, 1.807) is 0 Å². The Morgan fingerprint density at radius 2 is 2.28 bits per heavy atom. The van der Waals surface area contributed by atoms with Crippen LogP contribution < -0.4 is 5.32 Å². The Balaban J connectivity index is 1.60. The number of carboxylic acid groups (broad SMARTS) is 1. The van der Waals surface area contributed by atoms with Gasteiger partial charge in [-0.15, -0.1) is 22.0 Å². The number of oxime groups is 1. The van der Waals surface area contributed by atoms with Crippen molar-refractivity contribution in [1.82, 2.24) is 30.8 Å². The van der Waals surface area contributed by atoms with Gasteiger partial charge in [0, 0.05) is 5.75 Å². The smallest absolute Gasteiger partial charge is 0.352 e. The van der Waals surface area contributed by atoms with Crippen LogP contribution in [0.15, 0.2) is 44.4 Å². The van der Waals surface area contributed by atoms with Gasteiger partial charge in [0.2, 0.25) is 10.9 Å². The van der Waals surface area contributed by atoms with Crippen LogP contribution in [0.1, 0.15) is 5.76 Å². The van der Waals surface area contributed by atoms with E-state index in [9.17, 15) is 32.5 Å². The van der Waals surface area contributed by atoms with Gasteiger partial charge in [0.1, 0.15) is 24.2 Å². The van der Waals surface area contributed by atoms with E-state index in [0.717, 1.165) is 28.4 Å². The number of hydrogen-bond acceptors (Lipinski definition) is 13. The maximum atomic E-state index is 13.0. The minimum atomic E-state index is -4.55. The Kier molecular flexibility index (Phi) is 7.33. The van der Waals surface area contributed by atoms with Gasteiger partial charge in [-0.2, -0.15) is 13.6 Å². The van der Waals surface area contributed by atoms with Gasteiger partial charge >= 0.3 is 5.97 Å². The number of nitrogens with one attached hydrogen (secondary N) is 2. The van der Waals surface area contributed by atoms with Crippen molar-refractivity contribution >= 4 is 57.1 Å². The molecule has 1 saturated heterocycles. The second-order valence-electron chi connectivity index (χ2n) is 7.19. The molecule has 0 aromatic carbocycles. The first-order valence-electron chi connectivity index (χ1n) is 9.83. The van der Waals surface area contributed by atoms with E-state index < -0.39 is 56.0 Å². The summed E-state index contributed by atoms with van der Waals surface area (Å²) in [4.78, 5) is 43.6. The van der Waals surface area contributed by atoms with Gasteiger partial charge in [-0.1, -0.05) is 16.9 Å². The highest BCUT2D eigenvalue weighted by Gasteiger charge is 2.55. The molecule has 4 N–H and O–H groups in total. The minimum absolute atomic E-state index is 0.0102. The fourth-order valence-corrected chi connectivity index (χ4v) is 7.20. The largest absolute Gasteiger partial charge is 0.477 e. The summed E-state index contributed by atoms with van der Waals surface area (Å²) >= 11 is 1.87. The van der Waals surface area contributed by atoms with Crippen molar-refractivity contribution in [3.63, 3.8) is 0 Å². The SMILES string of the molecule is CON=C(C(=O)N[C@@H]1C(=O)N2C(C(=O)O)=C(C(CS(=O)(=O)O)Sc3nn[nH]n3)CS[C@@H]12)c1ccco1. The lowest BCUT2D eigenvalue weighted by atomic mass is 10.0. The molecule has 4 heterocycles. The van der Waals surface area contributed by atoms with Crippen LogP contribution in [-0.2, 0) is 29.3 Å². The molecular weight excluding hydrogens is 542 g/mol. The van der Waals surface area contributed by atoms with Gasteiger partial charge in [-0.25, -0.2) is 4.79 Å². The highest BCUT2D eigenvalue weighted by Crippen LogP contribution is 2.43. The lowest BCUT2D eigenvalue weighted by Crippen LogP contribution is -2.71. The zero-order chi connectivity index (χ0) is 26.0. The van der Waals surface area contributed by atoms with Gasteiger partial charge in [0.05, 0.1) is 17.3 Å². The number of fused-ring (bicyclic) bond motifs is 1. The molecule has 3 atom stereocenters. The lowest BCUT2D eigenvalue weighted by Gasteiger charge is -2.50. The van der Waals surface area contributed by atoms with Crippen molar-refractivity contribution in [3.8, 4) is 0 Å². The number of carbonyl (C=O) groups is 3. The van der Waals surface area contributed by atoms with Crippen molar-refractivity contribution in [3.05, 3.63) is 35.4 Å². The topological polar surface area (TPSA) is 230 Å². The molecular formula is C17H17N7O9S3. The molecule has 19 heteroatoms. The second kappa shape index (κ2) is 10.3. The Labute approximate surface area is 210 Å². The van der Waals surface area contributed by atoms with E-state index in [4.69, 9.17) is 4.42 Å². The van der Waals surface area contributed by atoms with Gasteiger partial charge < -0.3 is 19.7 Å². The molecule has 192 valence electrons. The molecule has 0 spiro atoms. The predicted molar refractivity (Wildman–Crippen MR) is 122 cm³/mol. The van der Waals surface area contributed by atoms with Crippen molar-refractivity contribution in [2.75, 3.05) is 18.6 Å². The molecule has 16 nitrogen and oxygen atoms in total. The van der Waals surface area contributed by atoms with Crippen LogP contribution in [-0.4, -0.2) is 102 Å². The Bertz CT molecular complexity index is 1330. The first kappa shape index (κ1) is 25.7. The number of hydrogen-bond donors (Lipinski definition) is 4. The summed E-state index contributed by atoms with van der Waals surface area (Å²) in [5.74, 6) is -3.79. The van der Waals surface area contributed by atoms with Crippen LogP contribution in [0, 0.1) is 0 Å². The third kappa shape index (κ3) is 5.22. The predicted octanol–water partition coefficient (Wildman–Crippen LogP) is -1.07. The molecule has 36 heavy (non-hydrogen) atoms. The van der Waals surface area contributed by atoms with Crippen LogP contribution in [0.2, 0.25) is 0 Å². The Morgan fingerprint density at radius 3 is 2.86 bits per heavy atom. The molecule has 2 aromatic heterocycles. The number of nitrogens with zero attached hydrogens (tertiary/aromatic N) is 5. The van der Waals surface area contributed by atoms with E-state index in [2.05, 4.69) is 35.9 Å². The molecule has 2 aliphatic heterocycles. The third-order valence-electron chi connectivity index (χ3n) is 4.96. The number of thioether (sulfide) groups is 2. The first-order valence-corrected chi connectivity index (χ1v) is 13.4. The van der Waals surface area contributed by atoms with E-state index in [1.807, 2.05) is 0 Å². The number of aliphatic carboxylic acids is 1. The van der Waals surface area contributed by atoms with E-state index in [-0.39, 0.29) is 28.0 Å². The first-order chi connectivity index (χ1) is 17.1. The molecule has 0 saturated carbocycles. The zero-order valence-electron chi connectivity index (χ0n) is 18.1. The monoisotopic (exact) mass is 559 g/mol. The second-order valence-corrected chi connectivity index (χ2v) is 11.0. The Morgan fingerprint density at radius 1 is 1.50 bits per heavy atom. The molecule has 1 fully saturated rings. The van der Waals surface area contributed by atoms with Crippen LogP contribution in [0.3, 0.4) is 0 Å². The van der Waals surface area contributed by atoms with Crippen molar-refractivity contribution in [2.24, 2.45) is 5.16 Å². The van der Waals surface area contributed by atoms with Crippen LogP contribution in [0.5, 0.6) is 0 Å². The minimum Gasteiger partial charge on any atom is -0.477 e. The molecule has 4 rings (SSSR count). The molecule has 0 aliphatic carbocycles. The number of furan rings is 1. The maximum Gasteiger partial charge on any atom is 0.352 e. The maximum absolute atomic E-state index is 13.0. The fraction of sp³-hybridized carbons (Fsp3) is 0.353. The normalized spacial score (nSPS) is 21.0. The standard InChI is InChI=1S/C17H17N7O9S3/c1-32-21-10(8-3-2-4-33-8)13(25)18-11-14(26)24-12(16(27)28)7(5-34-15(11)24)9(6-36(29,30)31)35-17-19-22-23-20-17/h2-4,9,11,15H,5-6H2,1H3,(H,18,25)(H,27,28)(H,29,30,31)(H,19,20,22,23)/t9?,11-,15+/m1/s1. The van der Waals surface area contributed by atoms with E-state index >= 15 is 0 Å². The number of aromatic nitrogens is 4. The van der Waals surface area contributed by atoms with Crippen LogP contribution >= 0.6 is 23.5 Å². The number of rotatable bonds is 10. The molecule has 2 aliphatic rings. The lowest BCUT2D eigenvalue weighted by molar-refractivity contribution is -0.150. The van der Waals surface area contributed by atoms with Crippen molar-refractivity contribution in [1.29, 1.82) is 0 Å². The zero-order valence-corrected chi connectivity index (χ0v) is 20.5. The van der Waals surface area contributed by atoms with Gasteiger partial charge in [0.15, 0.2) is 5.76 Å². The highest BCUT2D eigenvalue weighted by molar-refractivity contribution is 8.01. The summed E-state index contributed by atoms with van der Waals surface area (Å²) in [5, 5.41) is 27.1. The molecule has 0 radical (unpaired) electrons. The number of aromatic amines is 1. The number of amides is 2. The summed E-state index contributed by atoms with van der Waals surface area (Å²) in [7, 11) is -3.33. The number of β-lactam (4-membered cyclic amide) rings is 1. The summed E-state index contributed by atoms with van der Waals surface area (Å²) < 4.78 is 37.9. The highest BCUT2D eigenvalue weighted by atomic mass is 32.2. The number of carboxylic acids is 1. The third-order valence-corrected chi connectivity index (χ3v) is 8.35. The van der Waals surface area contributed by atoms with Crippen LogP contribution in [0.4, 0.5) is 0 Å². The van der Waals surface area contributed by atoms with Crippen molar-refractivity contribution in [2.45, 2.75) is 21.8 Å². The van der Waals surface area contributed by atoms with Crippen molar-refractivity contribution < 1.29 is 41.7 Å². The van der Waals surface area contributed by atoms with E-state index in [0.29, 0.717) is 0 Å².